The molecule has 2 amide bonds. The van der Waals surface area contributed by atoms with Crippen molar-refractivity contribution in [3.05, 3.63) is 22.3 Å². The molecule has 11 nitrogen and oxygen atoms in total. The highest BCUT2D eigenvalue weighted by Crippen LogP contribution is 2.42. The molecule has 2 fully saturated rings. The highest BCUT2D eigenvalue weighted by atomic mass is 32.2. The molecule has 1 aromatic heterocycles. The topological polar surface area (TPSA) is 156 Å². The van der Waals surface area contributed by atoms with Crippen LogP contribution in [0, 0.1) is 0 Å². The maximum Gasteiger partial charge on any atom is 0.352 e. The Balaban J connectivity index is 1.53. The Kier molecular flexibility index (Phi) is 5.66. The van der Waals surface area contributed by atoms with Gasteiger partial charge < -0.3 is 25.7 Å². The van der Waals surface area contributed by atoms with E-state index in [-0.39, 0.29) is 28.3 Å². The first-order valence-corrected chi connectivity index (χ1v) is 11.0. The fraction of sp³-hybridized carbons (Fsp3) is 0.471. The van der Waals surface area contributed by atoms with Gasteiger partial charge in [-0.1, -0.05) is 5.16 Å². The summed E-state index contributed by atoms with van der Waals surface area (Å²) in [5, 5.41) is 17.3. The lowest BCUT2D eigenvalue weighted by Crippen LogP contribution is -2.71. The van der Waals surface area contributed by atoms with Crippen molar-refractivity contribution in [2.75, 3.05) is 25.2 Å². The molecule has 0 spiro atoms. The summed E-state index contributed by atoms with van der Waals surface area (Å²) >= 11 is 2.53. The Morgan fingerprint density at radius 2 is 2.30 bits per heavy atom. The van der Waals surface area contributed by atoms with Gasteiger partial charge in [0, 0.05) is 17.7 Å². The summed E-state index contributed by atoms with van der Waals surface area (Å²) in [6, 6.07) is -0.888. The third-order valence-corrected chi connectivity index (χ3v) is 6.94. The summed E-state index contributed by atoms with van der Waals surface area (Å²) in [7, 11) is 1.28. The van der Waals surface area contributed by atoms with Gasteiger partial charge in [-0.2, -0.15) is 0 Å². The van der Waals surface area contributed by atoms with Crippen molar-refractivity contribution in [3.63, 3.8) is 0 Å². The number of carboxylic acid groups (broad SMARTS) is 1. The van der Waals surface area contributed by atoms with Crippen LogP contribution in [-0.2, 0) is 24.0 Å². The number of oxime groups is 1. The molecule has 1 aromatic rings. The molecule has 13 heteroatoms. The molecular formula is C17H19N5O6S2. The van der Waals surface area contributed by atoms with Gasteiger partial charge in [0.1, 0.15) is 29.9 Å². The van der Waals surface area contributed by atoms with Crippen molar-refractivity contribution < 1.29 is 29.1 Å². The predicted molar refractivity (Wildman–Crippen MR) is 109 cm³/mol. The minimum atomic E-state index is -1.18. The second-order valence-electron chi connectivity index (χ2n) is 6.74. The lowest BCUT2D eigenvalue weighted by atomic mass is 9.99. The van der Waals surface area contributed by atoms with Crippen LogP contribution in [0.2, 0.25) is 0 Å². The summed E-state index contributed by atoms with van der Waals surface area (Å²) < 4.78 is 5.63. The number of aromatic nitrogens is 1. The van der Waals surface area contributed by atoms with Gasteiger partial charge in [-0.25, -0.2) is 9.78 Å². The molecular weight excluding hydrogens is 434 g/mol. The molecule has 160 valence electrons. The standard InChI is InChI=1S/C17H19N5O6S2/c1-27-21-10(8-6-30-17(18)19-8)13(23)20-11-14(24)22-12(16(25)26)7(5-29-15(11)22)9-3-2-4-28-9/h6,9,11,15H,2-5H2,1H3,(H2,18,19)(H,20,23)(H,25,26)/b21-10-/t9-,11+,15-/m0/s1. The zero-order valence-electron chi connectivity index (χ0n) is 15.9. The fourth-order valence-corrected chi connectivity index (χ4v) is 5.60. The quantitative estimate of drug-likeness (QED) is 0.306. The van der Waals surface area contributed by atoms with Gasteiger partial charge in [0.05, 0.1) is 6.10 Å². The van der Waals surface area contributed by atoms with Crippen molar-refractivity contribution in [1.82, 2.24) is 15.2 Å². The average Bonchev–Trinajstić information content (AvgIpc) is 3.40. The number of nitrogens with two attached hydrogens (primary N) is 1. The van der Waals surface area contributed by atoms with Crippen LogP contribution in [-0.4, -0.2) is 75.5 Å². The SMILES string of the molecule is CO/N=C(\C(=O)N[C@@H]1C(=O)N2C(C(=O)O)=C([C@@H]3CCCO3)CS[C@@H]12)c1csc(N)n1. The third-order valence-electron chi connectivity index (χ3n) is 4.97. The van der Waals surface area contributed by atoms with Crippen LogP contribution in [0.15, 0.2) is 21.8 Å². The number of fused-ring (bicyclic) bond motifs is 1. The number of rotatable bonds is 6. The lowest BCUT2D eigenvalue weighted by Gasteiger charge is -2.49. The number of ether oxygens (including phenoxy) is 1. The van der Waals surface area contributed by atoms with Gasteiger partial charge in [0.25, 0.3) is 11.8 Å². The van der Waals surface area contributed by atoms with Gasteiger partial charge in [-0.15, -0.1) is 23.1 Å². The molecule has 4 heterocycles. The monoisotopic (exact) mass is 453 g/mol. The molecule has 4 rings (SSSR count). The number of anilines is 1. The molecule has 0 unspecified atom stereocenters. The van der Waals surface area contributed by atoms with Crippen LogP contribution < -0.4 is 11.1 Å². The minimum Gasteiger partial charge on any atom is -0.477 e. The number of thiazole rings is 1. The molecule has 0 bridgehead atoms. The van der Waals surface area contributed by atoms with E-state index in [4.69, 9.17) is 15.3 Å². The molecule has 30 heavy (non-hydrogen) atoms. The Morgan fingerprint density at radius 3 is 2.90 bits per heavy atom. The van der Waals surface area contributed by atoms with E-state index in [9.17, 15) is 19.5 Å². The van der Waals surface area contributed by atoms with E-state index < -0.39 is 29.2 Å². The van der Waals surface area contributed by atoms with Crippen LogP contribution in [0.5, 0.6) is 0 Å². The molecule has 0 aliphatic carbocycles. The second kappa shape index (κ2) is 8.24. The van der Waals surface area contributed by atoms with Gasteiger partial charge in [-0.05, 0) is 18.4 Å². The van der Waals surface area contributed by atoms with Crippen molar-refractivity contribution in [1.29, 1.82) is 0 Å². The number of aliphatic carboxylic acids is 1. The van der Waals surface area contributed by atoms with E-state index in [1.807, 2.05) is 0 Å². The summed E-state index contributed by atoms with van der Waals surface area (Å²) in [4.78, 5) is 47.4. The van der Waals surface area contributed by atoms with Gasteiger partial charge >= 0.3 is 5.97 Å². The summed E-state index contributed by atoms with van der Waals surface area (Å²) in [5.74, 6) is -1.92. The predicted octanol–water partition coefficient (Wildman–Crippen LogP) is -0.00660. The van der Waals surface area contributed by atoms with Crippen LogP contribution >= 0.6 is 23.1 Å². The summed E-state index contributed by atoms with van der Waals surface area (Å²) in [6.07, 6.45) is 1.29. The van der Waals surface area contributed by atoms with E-state index in [0.717, 1.165) is 24.2 Å². The molecule has 4 N–H and O–H groups in total. The number of β-lactam (4-membered cyclic amide) rings is 1. The van der Waals surface area contributed by atoms with E-state index >= 15 is 0 Å². The van der Waals surface area contributed by atoms with Gasteiger partial charge in [0.15, 0.2) is 10.8 Å². The zero-order valence-corrected chi connectivity index (χ0v) is 17.5. The first kappa shape index (κ1) is 20.6. The number of nitrogen functional groups attached to an aromatic ring is 1. The molecule has 3 aliphatic rings. The van der Waals surface area contributed by atoms with Crippen LogP contribution in [0.25, 0.3) is 0 Å². The van der Waals surface area contributed by atoms with Crippen molar-refractivity contribution in [3.8, 4) is 0 Å². The Morgan fingerprint density at radius 1 is 1.50 bits per heavy atom. The maximum absolute atomic E-state index is 12.8. The van der Waals surface area contributed by atoms with Gasteiger partial charge in [-0.3, -0.25) is 14.5 Å². The molecule has 0 aromatic carbocycles. The molecule has 2 saturated heterocycles. The highest BCUT2D eigenvalue weighted by molar-refractivity contribution is 8.00. The summed E-state index contributed by atoms with van der Waals surface area (Å²) in [5.41, 5.74) is 6.29. The van der Waals surface area contributed by atoms with Crippen LogP contribution in [0.1, 0.15) is 18.5 Å². The third kappa shape index (κ3) is 3.52. The number of carbonyl (C=O) groups excluding carboxylic acids is 2. The average molecular weight is 454 g/mol. The number of nitrogens with one attached hydrogen (secondary N) is 1. The number of thioether (sulfide) groups is 1. The number of amides is 2. The Hall–Kier alpha value is -2.64. The van der Waals surface area contributed by atoms with Crippen LogP contribution in [0.3, 0.4) is 0 Å². The van der Waals surface area contributed by atoms with Gasteiger partial charge in [0.2, 0.25) is 0 Å². The first-order chi connectivity index (χ1) is 14.4. The molecule has 3 aliphatic heterocycles. The van der Waals surface area contributed by atoms with E-state index in [2.05, 4.69) is 15.5 Å². The van der Waals surface area contributed by atoms with Crippen molar-refractivity contribution >= 4 is 51.7 Å². The van der Waals surface area contributed by atoms with E-state index in [1.54, 1.807) is 5.38 Å². The Labute approximate surface area is 179 Å². The number of hydrogen-bond donors (Lipinski definition) is 3. The summed E-state index contributed by atoms with van der Waals surface area (Å²) in [6.45, 7) is 0.574. The molecule has 3 atom stereocenters. The smallest absolute Gasteiger partial charge is 0.352 e. The zero-order chi connectivity index (χ0) is 21.4. The van der Waals surface area contributed by atoms with Crippen molar-refractivity contribution in [2.45, 2.75) is 30.4 Å². The lowest BCUT2D eigenvalue weighted by molar-refractivity contribution is -0.150. The van der Waals surface area contributed by atoms with Crippen LogP contribution in [0.4, 0.5) is 5.13 Å². The van der Waals surface area contributed by atoms with E-state index in [0.29, 0.717) is 17.9 Å². The van der Waals surface area contributed by atoms with Crippen molar-refractivity contribution in [2.24, 2.45) is 5.16 Å². The van der Waals surface area contributed by atoms with E-state index in [1.165, 1.54) is 23.8 Å². The first-order valence-electron chi connectivity index (χ1n) is 9.08. The normalized spacial score (nSPS) is 26.3. The number of carboxylic acids is 1. The molecule has 0 saturated carbocycles. The number of hydrogen-bond acceptors (Lipinski definition) is 10. The highest BCUT2D eigenvalue weighted by Gasteiger charge is 2.55. The number of nitrogens with zero attached hydrogens (tertiary/aromatic N) is 3. The largest absolute Gasteiger partial charge is 0.477 e. The second-order valence-corrected chi connectivity index (χ2v) is 8.73. The fourth-order valence-electron chi connectivity index (χ4n) is 3.64. The number of carbonyl (C=O) groups is 3. The maximum atomic E-state index is 12.8. The minimum absolute atomic E-state index is 0.0424. The molecule has 0 radical (unpaired) electrons. The Bertz CT molecular complexity index is 954.